The zero-order valence-corrected chi connectivity index (χ0v) is 10.8. The summed E-state index contributed by atoms with van der Waals surface area (Å²) in [6, 6.07) is 0. The number of ether oxygens (including phenoxy) is 1. The second-order valence-electron chi connectivity index (χ2n) is 4.12. The fraction of sp³-hybridized carbons (Fsp3) is 0.909. The summed E-state index contributed by atoms with van der Waals surface area (Å²) in [4.78, 5) is 11.8. The molecule has 0 aromatic heterocycles. The molecule has 0 atom stereocenters. The molecule has 0 aliphatic heterocycles. The molecule has 4 nitrogen and oxygen atoms in total. The van der Waals surface area contributed by atoms with Crippen LogP contribution in [0.5, 0.6) is 0 Å². The van der Waals surface area contributed by atoms with E-state index in [1.54, 1.807) is 0 Å². The van der Waals surface area contributed by atoms with Crippen molar-refractivity contribution < 1.29 is 22.7 Å². The van der Waals surface area contributed by atoms with Crippen LogP contribution in [0.1, 0.15) is 26.7 Å². The van der Waals surface area contributed by atoms with Gasteiger partial charge in [-0.2, -0.15) is 13.2 Å². The van der Waals surface area contributed by atoms with Gasteiger partial charge in [0.05, 0.1) is 12.0 Å². The smallest absolute Gasteiger partial charge is 0.370 e. The summed E-state index contributed by atoms with van der Waals surface area (Å²) in [7, 11) is 0. The fourth-order valence-corrected chi connectivity index (χ4v) is 1.56. The highest BCUT2D eigenvalue weighted by molar-refractivity contribution is 5.82. The highest BCUT2D eigenvalue weighted by atomic mass is 19.4. The normalized spacial score (nSPS) is 12.6. The van der Waals surface area contributed by atoms with Crippen molar-refractivity contribution in [3.63, 3.8) is 0 Å². The Hall–Kier alpha value is -0.820. The number of hydrogen-bond acceptors (Lipinski definition) is 3. The molecule has 0 aliphatic carbocycles. The Morgan fingerprint density at radius 2 is 1.83 bits per heavy atom. The summed E-state index contributed by atoms with van der Waals surface area (Å²) in [5, 5.41) is 2.55. The fourth-order valence-electron chi connectivity index (χ4n) is 1.56. The van der Waals surface area contributed by atoms with Gasteiger partial charge in [-0.15, -0.1) is 0 Å². The van der Waals surface area contributed by atoms with Crippen molar-refractivity contribution in [2.45, 2.75) is 32.9 Å². The minimum Gasteiger partial charge on any atom is -0.370 e. The summed E-state index contributed by atoms with van der Waals surface area (Å²) in [5.74, 6) is -0.231. The number of nitrogens with one attached hydrogen (secondary N) is 1. The molecule has 0 fully saturated rings. The van der Waals surface area contributed by atoms with Crippen molar-refractivity contribution in [3.05, 3.63) is 0 Å². The summed E-state index contributed by atoms with van der Waals surface area (Å²) in [5.41, 5.74) is 4.94. The first-order valence-corrected chi connectivity index (χ1v) is 5.94. The summed E-state index contributed by atoms with van der Waals surface area (Å²) in [6.45, 7) is 2.52. The van der Waals surface area contributed by atoms with E-state index in [1.807, 2.05) is 13.8 Å². The lowest BCUT2D eigenvalue weighted by Crippen LogP contribution is -2.46. The van der Waals surface area contributed by atoms with Crippen LogP contribution in [0.3, 0.4) is 0 Å². The molecule has 18 heavy (non-hydrogen) atoms. The van der Waals surface area contributed by atoms with Crippen LogP contribution in [0, 0.1) is 5.41 Å². The first-order valence-electron chi connectivity index (χ1n) is 5.94. The molecule has 108 valence electrons. The Balaban J connectivity index is 3.96. The van der Waals surface area contributed by atoms with Crippen LogP contribution in [0.15, 0.2) is 0 Å². The topological polar surface area (TPSA) is 64.4 Å². The molecule has 3 N–H and O–H groups in total. The zero-order valence-electron chi connectivity index (χ0n) is 10.8. The molecule has 0 aromatic carbocycles. The molecule has 0 bridgehead atoms. The van der Waals surface area contributed by atoms with Crippen molar-refractivity contribution in [2.75, 3.05) is 26.3 Å². The Kier molecular flexibility index (Phi) is 7.23. The SMILES string of the molecule is CCC(CC)(CN)C(=O)NCCOCC(F)(F)F. The van der Waals surface area contributed by atoms with Gasteiger partial charge in [-0.05, 0) is 12.8 Å². The van der Waals surface area contributed by atoms with Crippen LogP contribution in [-0.4, -0.2) is 38.4 Å². The predicted molar refractivity (Wildman–Crippen MR) is 62.0 cm³/mol. The Morgan fingerprint density at radius 3 is 2.22 bits per heavy atom. The van der Waals surface area contributed by atoms with Gasteiger partial charge in [-0.25, -0.2) is 0 Å². The van der Waals surface area contributed by atoms with Crippen LogP contribution in [0.2, 0.25) is 0 Å². The molecule has 0 saturated heterocycles. The van der Waals surface area contributed by atoms with Gasteiger partial charge in [0.15, 0.2) is 0 Å². The Bertz CT molecular complexity index is 245. The molecule has 7 heteroatoms. The maximum Gasteiger partial charge on any atom is 0.411 e. The van der Waals surface area contributed by atoms with Gasteiger partial charge in [-0.3, -0.25) is 4.79 Å². The van der Waals surface area contributed by atoms with E-state index >= 15 is 0 Å². The molecular weight excluding hydrogens is 249 g/mol. The molecule has 0 radical (unpaired) electrons. The molecule has 1 amide bonds. The quantitative estimate of drug-likeness (QED) is 0.656. The van der Waals surface area contributed by atoms with Gasteiger partial charge in [0.25, 0.3) is 0 Å². The van der Waals surface area contributed by atoms with Gasteiger partial charge in [0, 0.05) is 13.1 Å². The van der Waals surface area contributed by atoms with Gasteiger partial charge >= 0.3 is 6.18 Å². The number of alkyl halides is 3. The van der Waals surface area contributed by atoms with Crippen LogP contribution in [0.25, 0.3) is 0 Å². The van der Waals surface area contributed by atoms with E-state index < -0.39 is 18.2 Å². The second kappa shape index (κ2) is 7.58. The van der Waals surface area contributed by atoms with Crippen LogP contribution < -0.4 is 11.1 Å². The summed E-state index contributed by atoms with van der Waals surface area (Å²) in [6.07, 6.45) is -3.15. The van der Waals surface area contributed by atoms with Crippen LogP contribution in [-0.2, 0) is 9.53 Å². The monoisotopic (exact) mass is 270 g/mol. The minimum absolute atomic E-state index is 0.0522. The Labute approximate surface area is 105 Å². The lowest BCUT2D eigenvalue weighted by atomic mass is 9.81. The van der Waals surface area contributed by atoms with Crippen molar-refractivity contribution >= 4 is 5.91 Å². The number of rotatable bonds is 8. The number of carbonyl (C=O) groups excluding carboxylic acids is 1. The maximum absolute atomic E-state index is 11.8. The predicted octanol–water partition coefficient (Wildman–Crippen LogP) is 1.45. The third-order valence-corrected chi connectivity index (χ3v) is 3.02. The van der Waals surface area contributed by atoms with Crippen LogP contribution in [0.4, 0.5) is 13.2 Å². The van der Waals surface area contributed by atoms with E-state index in [0.717, 1.165) is 0 Å². The number of nitrogens with two attached hydrogens (primary N) is 1. The first kappa shape index (κ1) is 17.2. The molecule has 0 rings (SSSR count). The maximum atomic E-state index is 11.8. The molecule has 0 spiro atoms. The first-order chi connectivity index (χ1) is 8.31. The molecule has 0 heterocycles. The van der Waals surface area contributed by atoms with Gasteiger partial charge < -0.3 is 15.8 Å². The number of halogens is 3. The van der Waals surface area contributed by atoms with Gasteiger partial charge in [0.2, 0.25) is 5.91 Å². The lowest BCUT2D eigenvalue weighted by molar-refractivity contribution is -0.173. The number of carbonyl (C=O) groups is 1. The zero-order chi connectivity index (χ0) is 14.2. The number of amides is 1. The van der Waals surface area contributed by atoms with E-state index in [2.05, 4.69) is 10.1 Å². The average molecular weight is 270 g/mol. The molecule has 0 aliphatic rings. The van der Waals surface area contributed by atoms with Crippen molar-refractivity contribution in [1.82, 2.24) is 5.32 Å². The van der Waals surface area contributed by atoms with Gasteiger partial charge in [0.1, 0.15) is 6.61 Å². The van der Waals surface area contributed by atoms with E-state index in [-0.39, 0.29) is 25.6 Å². The van der Waals surface area contributed by atoms with E-state index in [1.165, 1.54) is 0 Å². The summed E-state index contributed by atoms with van der Waals surface area (Å²) < 4.78 is 39.7. The van der Waals surface area contributed by atoms with E-state index in [9.17, 15) is 18.0 Å². The summed E-state index contributed by atoms with van der Waals surface area (Å²) >= 11 is 0. The average Bonchev–Trinajstić information content (AvgIpc) is 2.30. The van der Waals surface area contributed by atoms with E-state index in [0.29, 0.717) is 12.8 Å². The van der Waals surface area contributed by atoms with Crippen molar-refractivity contribution in [1.29, 1.82) is 0 Å². The van der Waals surface area contributed by atoms with Crippen molar-refractivity contribution in [2.24, 2.45) is 11.1 Å². The lowest BCUT2D eigenvalue weighted by Gasteiger charge is -2.28. The minimum atomic E-state index is -4.34. The van der Waals surface area contributed by atoms with Crippen LogP contribution >= 0.6 is 0 Å². The molecular formula is C11H21F3N2O2. The molecule has 0 unspecified atom stereocenters. The standard InChI is InChI=1S/C11H21F3N2O2/c1-3-10(4-2,7-15)9(17)16-5-6-18-8-11(12,13)14/h3-8,15H2,1-2H3,(H,16,17). The van der Waals surface area contributed by atoms with Crippen molar-refractivity contribution in [3.8, 4) is 0 Å². The second-order valence-corrected chi connectivity index (χ2v) is 4.12. The molecule has 0 aromatic rings. The largest absolute Gasteiger partial charge is 0.411 e. The highest BCUT2D eigenvalue weighted by Crippen LogP contribution is 2.24. The highest BCUT2D eigenvalue weighted by Gasteiger charge is 2.33. The Morgan fingerprint density at radius 1 is 1.28 bits per heavy atom. The molecule has 0 saturated carbocycles. The third-order valence-electron chi connectivity index (χ3n) is 3.02. The van der Waals surface area contributed by atoms with E-state index in [4.69, 9.17) is 5.73 Å². The number of hydrogen-bond donors (Lipinski definition) is 2. The third kappa shape index (κ3) is 5.68. The van der Waals surface area contributed by atoms with Gasteiger partial charge in [-0.1, -0.05) is 13.8 Å².